The average molecular weight is 387 g/mol. The highest BCUT2D eigenvalue weighted by atomic mass is 32.2. The molecule has 3 rings (SSSR count). The van der Waals surface area contributed by atoms with E-state index in [1.165, 1.54) is 5.56 Å². The zero-order valence-electron chi connectivity index (χ0n) is 15.8. The summed E-state index contributed by atoms with van der Waals surface area (Å²) in [5.41, 5.74) is 5.07. The van der Waals surface area contributed by atoms with Crippen molar-refractivity contribution < 1.29 is 13.2 Å². The quantitative estimate of drug-likeness (QED) is 0.799. The van der Waals surface area contributed by atoms with E-state index >= 15 is 0 Å². The summed E-state index contributed by atoms with van der Waals surface area (Å²) in [4.78, 5) is 12.5. The van der Waals surface area contributed by atoms with Gasteiger partial charge in [-0.25, -0.2) is 13.1 Å². The van der Waals surface area contributed by atoms with Crippen LogP contribution in [-0.2, 0) is 34.1 Å². The van der Waals surface area contributed by atoms with Crippen molar-refractivity contribution in [2.75, 3.05) is 11.9 Å². The van der Waals surface area contributed by atoms with Crippen LogP contribution in [-0.4, -0.2) is 20.9 Å². The van der Waals surface area contributed by atoms with Gasteiger partial charge in [0.1, 0.15) is 0 Å². The molecule has 1 aliphatic rings. The van der Waals surface area contributed by atoms with Gasteiger partial charge in [0.2, 0.25) is 15.9 Å². The van der Waals surface area contributed by atoms with E-state index in [-0.39, 0.29) is 17.3 Å². The van der Waals surface area contributed by atoms with Crippen LogP contribution in [0.3, 0.4) is 0 Å². The molecule has 2 aromatic carbocycles. The van der Waals surface area contributed by atoms with Gasteiger partial charge in [0.15, 0.2) is 0 Å². The summed E-state index contributed by atoms with van der Waals surface area (Å²) in [6.07, 6.45) is 4.94. The van der Waals surface area contributed by atoms with Crippen LogP contribution in [0.15, 0.2) is 41.3 Å². The topological polar surface area (TPSA) is 75.3 Å². The largest absolute Gasteiger partial charge is 0.324 e. The molecule has 1 amide bonds. The highest BCUT2D eigenvalue weighted by molar-refractivity contribution is 7.89. The van der Waals surface area contributed by atoms with Crippen LogP contribution in [0.2, 0.25) is 0 Å². The van der Waals surface area contributed by atoms with Crippen molar-refractivity contribution in [2.24, 2.45) is 0 Å². The molecule has 0 unspecified atom stereocenters. The first kappa shape index (κ1) is 19.6. The summed E-state index contributed by atoms with van der Waals surface area (Å²) in [6.45, 7) is 3.65. The van der Waals surface area contributed by atoms with Crippen molar-refractivity contribution >= 4 is 21.6 Å². The molecule has 27 heavy (non-hydrogen) atoms. The molecule has 2 N–H and O–H groups in total. The number of benzene rings is 2. The zero-order chi connectivity index (χ0) is 19.4. The van der Waals surface area contributed by atoms with Gasteiger partial charge in [0, 0.05) is 5.69 Å². The lowest BCUT2D eigenvalue weighted by molar-refractivity contribution is -0.115. The van der Waals surface area contributed by atoms with Crippen LogP contribution >= 0.6 is 0 Å². The predicted octanol–water partition coefficient (Wildman–Crippen LogP) is 3.35. The Morgan fingerprint density at radius 1 is 1.07 bits per heavy atom. The number of hydrogen-bond acceptors (Lipinski definition) is 3. The van der Waals surface area contributed by atoms with Gasteiger partial charge >= 0.3 is 0 Å². The third-order valence-corrected chi connectivity index (χ3v) is 6.46. The Hall–Kier alpha value is -2.18. The molecular formula is C21H26N2O3S. The van der Waals surface area contributed by atoms with Crippen LogP contribution in [0.5, 0.6) is 0 Å². The fourth-order valence-corrected chi connectivity index (χ4v) is 4.54. The minimum Gasteiger partial charge on any atom is -0.324 e. The number of sulfonamides is 1. The highest BCUT2D eigenvalue weighted by Gasteiger charge is 2.19. The number of carbonyl (C=O) groups excluding carboxylic acids is 1. The maximum atomic E-state index is 12.6. The van der Waals surface area contributed by atoms with E-state index in [0.717, 1.165) is 54.5 Å². The molecule has 0 bridgehead atoms. The summed E-state index contributed by atoms with van der Waals surface area (Å²) in [5, 5.41) is 2.84. The van der Waals surface area contributed by atoms with Crippen molar-refractivity contribution in [1.29, 1.82) is 0 Å². The fraction of sp³-hybridized carbons (Fsp3) is 0.381. The first-order chi connectivity index (χ1) is 12.9. The maximum absolute atomic E-state index is 12.6. The second kappa shape index (κ2) is 8.23. The van der Waals surface area contributed by atoms with Crippen LogP contribution in [0, 0.1) is 6.92 Å². The van der Waals surface area contributed by atoms with Gasteiger partial charge in [-0.3, -0.25) is 4.79 Å². The molecule has 0 aromatic heterocycles. The minimum absolute atomic E-state index is 0.223. The van der Waals surface area contributed by atoms with Gasteiger partial charge < -0.3 is 5.32 Å². The molecule has 5 nitrogen and oxygen atoms in total. The Morgan fingerprint density at radius 2 is 1.81 bits per heavy atom. The van der Waals surface area contributed by atoms with E-state index in [1.807, 2.05) is 38.1 Å². The van der Waals surface area contributed by atoms with E-state index in [9.17, 15) is 13.2 Å². The molecule has 0 heterocycles. The molecule has 0 aliphatic heterocycles. The molecule has 1 aliphatic carbocycles. The zero-order valence-corrected chi connectivity index (χ0v) is 16.7. The lowest BCUT2D eigenvalue weighted by Crippen LogP contribution is -2.33. The Bertz CT molecular complexity index is 952. The molecule has 0 spiro atoms. The smallest absolute Gasteiger partial charge is 0.241 e. The molecule has 0 saturated carbocycles. The third kappa shape index (κ3) is 4.57. The van der Waals surface area contributed by atoms with Gasteiger partial charge in [0.05, 0.1) is 11.4 Å². The molecule has 2 aromatic rings. The van der Waals surface area contributed by atoms with Gasteiger partial charge in [-0.15, -0.1) is 0 Å². The van der Waals surface area contributed by atoms with Gasteiger partial charge in [-0.05, 0) is 73.4 Å². The summed E-state index contributed by atoms with van der Waals surface area (Å²) in [7, 11) is -3.72. The number of anilines is 1. The number of nitrogens with one attached hydrogen (secondary N) is 2. The molecule has 0 atom stereocenters. The minimum atomic E-state index is -3.72. The number of fused-ring (bicyclic) bond motifs is 1. The average Bonchev–Trinajstić information content (AvgIpc) is 2.67. The summed E-state index contributed by atoms with van der Waals surface area (Å²) >= 11 is 0. The van der Waals surface area contributed by atoms with Crippen LogP contribution in [0.25, 0.3) is 0 Å². The Balaban J connectivity index is 1.68. The highest BCUT2D eigenvalue weighted by Crippen LogP contribution is 2.24. The standard InChI is InChI=1S/C21H26N2O3S/c1-3-16-10-6-7-15(2)21(16)23-20(24)14-22-27(25,26)19-12-11-17-8-4-5-9-18(17)13-19/h6-7,10-13,22H,3-5,8-9,14H2,1-2H3,(H,23,24). The fourth-order valence-electron chi connectivity index (χ4n) is 3.51. The lowest BCUT2D eigenvalue weighted by Gasteiger charge is -2.17. The summed E-state index contributed by atoms with van der Waals surface area (Å²) in [5.74, 6) is -0.375. The Kier molecular flexibility index (Phi) is 5.97. The molecule has 144 valence electrons. The first-order valence-electron chi connectivity index (χ1n) is 9.40. The van der Waals surface area contributed by atoms with Gasteiger partial charge in [-0.1, -0.05) is 31.2 Å². The number of carbonyl (C=O) groups is 1. The van der Waals surface area contributed by atoms with Crippen molar-refractivity contribution in [3.05, 3.63) is 58.7 Å². The van der Waals surface area contributed by atoms with E-state index in [4.69, 9.17) is 0 Å². The van der Waals surface area contributed by atoms with Crippen LogP contribution < -0.4 is 10.0 Å². The van der Waals surface area contributed by atoms with Crippen LogP contribution in [0.1, 0.15) is 42.0 Å². The number of para-hydroxylation sites is 1. The lowest BCUT2D eigenvalue weighted by atomic mass is 9.92. The van der Waals surface area contributed by atoms with Crippen molar-refractivity contribution in [2.45, 2.75) is 50.8 Å². The van der Waals surface area contributed by atoms with Crippen molar-refractivity contribution in [1.82, 2.24) is 4.72 Å². The van der Waals surface area contributed by atoms with E-state index in [0.29, 0.717) is 0 Å². The number of aryl methyl sites for hydroxylation is 4. The monoisotopic (exact) mass is 386 g/mol. The molecular weight excluding hydrogens is 360 g/mol. The second-order valence-corrected chi connectivity index (χ2v) is 8.74. The van der Waals surface area contributed by atoms with E-state index in [2.05, 4.69) is 10.0 Å². The number of hydrogen-bond donors (Lipinski definition) is 2. The van der Waals surface area contributed by atoms with Gasteiger partial charge in [0.25, 0.3) is 0 Å². The molecule has 0 fully saturated rings. The van der Waals surface area contributed by atoms with Crippen molar-refractivity contribution in [3.63, 3.8) is 0 Å². The SMILES string of the molecule is CCc1cccc(C)c1NC(=O)CNS(=O)(=O)c1ccc2c(c1)CCCC2. The molecule has 6 heteroatoms. The molecule has 0 radical (unpaired) electrons. The number of amides is 1. The maximum Gasteiger partial charge on any atom is 0.241 e. The van der Waals surface area contributed by atoms with E-state index in [1.54, 1.807) is 12.1 Å². The first-order valence-corrected chi connectivity index (χ1v) is 10.9. The van der Waals surface area contributed by atoms with Crippen molar-refractivity contribution in [3.8, 4) is 0 Å². The normalized spacial score (nSPS) is 13.9. The van der Waals surface area contributed by atoms with Crippen LogP contribution in [0.4, 0.5) is 5.69 Å². The summed E-state index contributed by atoms with van der Waals surface area (Å²) in [6, 6.07) is 11.1. The Labute approximate surface area is 161 Å². The predicted molar refractivity (Wildman–Crippen MR) is 107 cm³/mol. The van der Waals surface area contributed by atoms with E-state index < -0.39 is 10.0 Å². The second-order valence-electron chi connectivity index (χ2n) is 6.97. The Morgan fingerprint density at radius 3 is 2.56 bits per heavy atom. The summed E-state index contributed by atoms with van der Waals surface area (Å²) < 4.78 is 27.6. The third-order valence-electron chi connectivity index (χ3n) is 5.06. The van der Waals surface area contributed by atoms with Gasteiger partial charge in [-0.2, -0.15) is 0 Å². The molecule has 0 saturated heterocycles. The number of rotatable bonds is 6.